The zero-order chi connectivity index (χ0) is 19.3. The number of hydrogen-bond donors (Lipinski definition) is 1. The minimum Gasteiger partial charge on any atom is -0.493 e. The summed E-state index contributed by atoms with van der Waals surface area (Å²) in [6.07, 6.45) is 8.17. The van der Waals surface area contributed by atoms with Crippen molar-refractivity contribution in [3.63, 3.8) is 0 Å². The first-order valence-electron chi connectivity index (χ1n) is 7.36. The van der Waals surface area contributed by atoms with Gasteiger partial charge in [0.05, 0.1) is 7.11 Å². The molecule has 0 bridgehead atoms. The summed E-state index contributed by atoms with van der Waals surface area (Å²) < 4.78 is 11.3. The number of benzene rings is 1. The lowest BCUT2D eigenvalue weighted by atomic mass is 10.1. The maximum absolute atomic E-state index is 12.6. The Balaban J connectivity index is 2.45. The highest BCUT2D eigenvalue weighted by Gasteiger charge is 2.32. The summed E-state index contributed by atoms with van der Waals surface area (Å²) in [5.74, 6) is 2.15. The zero-order valence-electron chi connectivity index (χ0n) is 13.9. The number of carbonyl (C=O) groups is 2. The Labute approximate surface area is 165 Å². The van der Waals surface area contributed by atoms with Crippen LogP contribution in [0.1, 0.15) is 5.56 Å². The van der Waals surface area contributed by atoms with E-state index >= 15 is 0 Å². The Morgan fingerprint density at radius 3 is 2.77 bits per heavy atom. The molecule has 0 spiro atoms. The van der Waals surface area contributed by atoms with Crippen molar-refractivity contribution in [1.29, 1.82) is 0 Å². The molecule has 1 aliphatic heterocycles. The first-order valence-corrected chi connectivity index (χ1v) is 8.56. The minimum atomic E-state index is -0.571. The van der Waals surface area contributed by atoms with Gasteiger partial charge in [0, 0.05) is 11.0 Å². The van der Waals surface area contributed by atoms with Gasteiger partial charge in [0.15, 0.2) is 16.6 Å². The maximum Gasteiger partial charge on any atom is 0.265 e. The van der Waals surface area contributed by atoms with Crippen molar-refractivity contribution < 1.29 is 19.1 Å². The molecule has 6 nitrogen and oxygen atoms in total. The van der Waals surface area contributed by atoms with Gasteiger partial charge in [0.25, 0.3) is 11.8 Å². The van der Waals surface area contributed by atoms with E-state index in [2.05, 4.69) is 33.7 Å². The topological polar surface area (TPSA) is 67.9 Å². The molecule has 0 aliphatic carbocycles. The predicted octanol–water partition coefficient (Wildman–Crippen LogP) is 2.28. The van der Waals surface area contributed by atoms with E-state index in [1.807, 2.05) is 0 Å². The second-order valence-electron chi connectivity index (χ2n) is 5.04. The highest BCUT2D eigenvalue weighted by molar-refractivity contribution is 9.10. The number of rotatable bonds is 6. The van der Waals surface area contributed by atoms with Crippen LogP contribution in [0.25, 0.3) is 6.08 Å². The summed E-state index contributed by atoms with van der Waals surface area (Å²) in [5, 5.41) is 2.54. The summed E-state index contributed by atoms with van der Waals surface area (Å²) in [6, 6.07) is 3.29. The van der Waals surface area contributed by atoms with Gasteiger partial charge in [-0.2, -0.15) is 0 Å². The van der Waals surface area contributed by atoms with Crippen molar-refractivity contribution in [3.8, 4) is 23.8 Å². The molecule has 0 unspecified atom stereocenters. The van der Waals surface area contributed by atoms with Gasteiger partial charge in [0.1, 0.15) is 12.2 Å². The van der Waals surface area contributed by atoms with Crippen LogP contribution in [-0.2, 0) is 9.59 Å². The fourth-order valence-electron chi connectivity index (χ4n) is 2.20. The fourth-order valence-corrected chi connectivity index (χ4v) is 2.88. The van der Waals surface area contributed by atoms with E-state index in [0.29, 0.717) is 21.5 Å². The van der Waals surface area contributed by atoms with Crippen LogP contribution in [0.5, 0.6) is 11.5 Å². The van der Waals surface area contributed by atoms with Gasteiger partial charge >= 0.3 is 0 Å². The van der Waals surface area contributed by atoms with E-state index in [4.69, 9.17) is 28.1 Å². The Morgan fingerprint density at radius 2 is 2.15 bits per heavy atom. The number of amides is 2. The molecule has 0 aromatic heterocycles. The second-order valence-corrected chi connectivity index (χ2v) is 6.28. The maximum atomic E-state index is 12.6. The summed E-state index contributed by atoms with van der Waals surface area (Å²) in [6.45, 7) is 3.86. The molecular formula is C18H15BrN2O4S. The number of carbonyl (C=O) groups excluding carboxylic acids is 2. The van der Waals surface area contributed by atoms with Gasteiger partial charge in [-0.05, 0) is 36.0 Å². The van der Waals surface area contributed by atoms with Crippen LogP contribution in [0.4, 0.5) is 0 Å². The standard InChI is InChI=1S/C18H15BrN2O4S/c1-4-6-21-17(23)12(16(22)20-18(21)26)8-11-9-14(24-3)15(10-13(11)19)25-7-5-2/h2,4,8-10H,1,6-7H2,3H3,(H,20,22,26)/b12-8+. The van der Waals surface area contributed by atoms with Crippen LogP contribution >= 0.6 is 28.1 Å². The molecule has 2 rings (SSSR count). The summed E-state index contributed by atoms with van der Waals surface area (Å²) in [7, 11) is 1.48. The van der Waals surface area contributed by atoms with Crippen LogP contribution in [0.2, 0.25) is 0 Å². The Kier molecular flexibility index (Phi) is 6.55. The number of ether oxygens (including phenoxy) is 2. The van der Waals surface area contributed by atoms with Crippen molar-refractivity contribution in [3.05, 3.63) is 40.4 Å². The second kappa shape index (κ2) is 8.65. The Bertz CT molecular complexity index is 857. The third-order valence-corrected chi connectivity index (χ3v) is 4.40. The largest absolute Gasteiger partial charge is 0.493 e. The van der Waals surface area contributed by atoms with E-state index in [9.17, 15) is 9.59 Å². The number of methoxy groups -OCH3 is 1. The SMILES string of the molecule is C#CCOc1cc(Br)c(/C=C2\C(=O)NC(=S)N(CC=C)C2=O)cc1OC. The normalized spacial score (nSPS) is 15.5. The highest BCUT2D eigenvalue weighted by atomic mass is 79.9. The van der Waals surface area contributed by atoms with E-state index in [1.54, 1.807) is 12.1 Å². The monoisotopic (exact) mass is 434 g/mol. The molecule has 1 heterocycles. The van der Waals surface area contributed by atoms with Crippen molar-refractivity contribution in [2.75, 3.05) is 20.3 Å². The van der Waals surface area contributed by atoms with Crippen LogP contribution in [-0.4, -0.2) is 42.1 Å². The Hall–Kier alpha value is -2.63. The molecule has 8 heteroatoms. The lowest BCUT2D eigenvalue weighted by molar-refractivity contribution is -0.128. The number of nitrogens with one attached hydrogen (secondary N) is 1. The number of terminal acetylenes is 1. The lowest BCUT2D eigenvalue weighted by Gasteiger charge is -2.27. The first-order chi connectivity index (χ1) is 12.4. The molecule has 26 heavy (non-hydrogen) atoms. The van der Waals surface area contributed by atoms with Gasteiger partial charge in [-0.15, -0.1) is 13.0 Å². The quantitative estimate of drug-likeness (QED) is 0.244. The molecule has 0 saturated carbocycles. The van der Waals surface area contributed by atoms with Crippen LogP contribution in [0.15, 0.2) is 34.8 Å². The summed E-state index contributed by atoms with van der Waals surface area (Å²) in [4.78, 5) is 26.0. The van der Waals surface area contributed by atoms with Crippen LogP contribution < -0.4 is 14.8 Å². The molecule has 1 saturated heterocycles. The molecule has 1 aromatic rings. The van der Waals surface area contributed by atoms with E-state index in [1.165, 1.54) is 24.2 Å². The first kappa shape index (κ1) is 19.7. The van der Waals surface area contributed by atoms with Gasteiger partial charge in [-0.25, -0.2) is 0 Å². The molecule has 1 fully saturated rings. The highest BCUT2D eigenvalue weighted by Crippen LogP contribution is 2.35. The molecule has 2 amide bonds. The number of thiocarbonyl (C=S) groups is 1. The van der Waals surface area contributed by atoms with E-state index < -0.39 is 11.8 Å². The van der Waals surface area contributed by atoms with E-state index in [-0.39, 0.29) is 23.8 Å². The number of nitrogens with zero attached hydrogens (tertiary/aromatic N) is 1. The minimum absolute atomic E-state index is 0.0479. The zero-order valence-corrected chi connectivity index (χ0v) is 16.3. The van der Waals surface area contributed by atoms with Crippen molar-refractivity contribution in [2.45, 2.75) is 0 Å². The van der Waals surface area contributed by atoms with Gasteiger partial charge in [-0.3, -0.25) is 19.8 Å². The molecule has 1 aliphatic rings. The van der Waals surface area contributed by atoms with Crippen LogP contribution in [0.3, 0.4) is 0 Å². The van der Waals surface area contributed by atoms with Crippen molar-refractivity contribution in [1.82, 2.24) is 10.2 Å². The lowest BCUT2D eigenvalue weighted by Crippen LogP contribution is -2.53. The molecule has 0 radical (unpaired) electrons. The number of hydrogen-bond acceptors (Lipinski definition) is 5. The average Bonchev–Trinajstić information content (AvgIpc) is 2.61. The third kappa shape index (κ3) is 4.12. The van der Waals surface area contributed by atoms with Gasteiger partial charge < -0.3 is 9.47 Å². The third-order valence-electron chi connectivity index (χ3n) is 3.39. The summed E-state index contributed by atoms with van der Waals surface area (Å²) in [5.41, 5.74) is 0.500. The van der Waals surface area contributed by atoms with Gasteiger partial charge in [-0.1, -0.05) is 27.9 Å². The molecule has 0 atom stereocenters. The number of halogens is 1. The van der Waals surface area contributed by atoms with Crippen molar-refractivity contribution in [2.24, 2.45) is 0 Å². The molecule has 134 valence electrons. The molecule has 1 N–H and O–H groups in total. The van der Waals surface area contributed by atoms with Crippen LogP contribution in [0, 0.1) is 12.3 Å². The smallest absolute Gasteiger partial charge is 0.265 e. The average molecular weight is 435 g/mol. The van der Waals surface area contributed by atoms with E-state index in [0.717, 1.165) is 0 Å². The predicted molar refractivity (Wildman–Crippen MR) is 106 cm³/mol. The molecule has 1 aromatic carbocycles. The van der Waals surface area contributed by atoms with Crippen molar-refractivity contribution >= 4 is 51.2 Å². The summed E-state index contributed by atoms with van der Waals surface area (Å²) >= 11 is 8.42. The fraction of sp³-hybridized carbons (Fsp3) is 0.167. The Morgan fingerprint density at radius 1 is 1.42 bits per heavy atom. The molecular weight excluding hydrogens is 420 g/mol. The van der Waals surface area contributed by atoms with Gasteiger partial charge in [0.2, 0.25) is 0 Å².